The van der Waals surface area contributed by atoms with Crippen LogP contribution in [0.3, 0.4) is 0 Å². The van der Waals surface area contributed by atoms with Crippen LogP contribution in [0.25, 0.3) is 10.9 Å². The van der Waals surface area contributed by atoms with E-state index in [9.17, 15) is 0 Å². The molecule has 0 atom stereocenters. The molecule has 2 aromatic heterocycles. The summed E-state index contributed by atoms with van der Waals surface area (Å²) in [7, 11) is 6.10. The van der Waals surface area contributed by atoms with Gasteiger partial charge >= 0.3 is 0 Å². The second kappa shape index (κ2) is 9.06. The Morgan fingerprint density at radius 2 is 1.72 bits per heavy atom. The third kappa shape index (κ3) is 5.04. The highest BCUT2D eigenvalue weighted by atomic mass is 15.3. The van der Waals surface area contributed by atoms with E-state index in [0.29, 0.717) is 12.1 Å². The second-order valence-electron chi connectivity index (χ2n) is 10.3. The molecule has 0 radical (unpaired) electrons. The molecule has 172 valence electrons. The van der Waals surface area contributed by atoms with Crippen molar-refractivity contribution in [3.63, 3.8) is 0 Å². The van der Waals surface area contributed by atoms with Crippen molar-refractivity contribution in [2.75, 3.05) is 24.3 Å². The van der Waals surface area contributed by atoms with Gasteiger partial charge in [0.15, 0.2) is 0 Å². The van der Waals surface area contributed by atoms with E-state index in [1.54, 1.807) is 0 Å². The lowest BCUT2D eigenvalue weighted by molar-refractivity contribution is 0.349. The lowest BCUT2D eigenvalue weighted by Gasteiger charge is -2.30. The first-order valence-corrected chi connectivity index (χ1v) is 11.7. The second-order valence-corrected chi connectivity index (χ2v) is 10.3. The van der Waals surface area contributed by atoms with Gasteiger partial charge in [-0.2, -0.15) is 10.1 Å². The molecule has 0 saturated heterocycles. The zero-order chi connectivity index (χ0) is 22.9. The maximum atomic E-state index is 4.80. The summed E-state index contributed by atoms with van der Waals surface area (Å²) in [5.41, 5.74) is 3.46. The average molecular weight is 436 g/mol. The van der Waals surface area contributed by atoms with Gasteiger partial charge in [-0.15, -0.1) is 0 Å². The third-order valence-corrected chi connectivity index (χ3v) is 6.38. The van der Waals surface area contributed by atoms with Crippen LogP contribution in [0.4, 0.5) is 11.8 Å². The van der Waals surface area contributed by atoms with Crippen LogP contribution in [-0.2, 0) is 19.0 Å². The molecule has 1 aliphatic rings. The highest BCUT2D eigenvalue weighted by molar-refractivity contribution is 5.90. The molecule has 0 amide bonds. The molecule has 0 bridgehead atoms. The number of nitrogens with one attached hydrogen (secondary N) is 2. The fraction of sp³-hybridized carbons (Fsp3) is 0.560. The summed E-state index contributed by atoms with van der Waals surface area (Å²) < 4.78 is 2.01. The van der Waals surface area contributed by atoms with Crippen molar-refractivity contribution < 1.29 is 0 Å². The summed E-state index contributed by atoms with van der Waals surface area (Å²) in [4.78, 5) is 11.6. The van der Waals surface area contributed by atoms with Crippen LogP contribution in [0.15, 0.2) is 30.3 Å². The molecule has 0 unspecified atom stereocenters. The average Bonchev–Trinajstić information content (AvgIpc) is 3.13. The predicted molar refractivity (Wildman–Crippen MR) is 132 cm³/mol. The molecule has 7 nitrogen and oxygen atoms in total. The zero-order valence-electron chi connectivity index (χ0n) is 20.3. The van der Waals surface area contributed by atoms with Gasteiger partial charge in [0, 0.05) is 50.6 Å². The van der Waals surface area contributed by atoms with Gasteiger partial charge in [-0.3, -0.25) is 4.68 Å². The Bertz CT molecular complexity index is 1060. The molecular weight excluding hydrogens is 398 g/mol. The summed E-state index contributed by atoms with van der Waals surface area (Å²) in [6, 6.07) is 11.4. The van der Waals surface area contributed by atoms with Crippen molar-refractivity contribution in [3.05, 3.63) is 41.7 Å². The molecule has 32 heavy (non-hydrogen) atoms. The highest BCUT2D eigenvalue weighted by Gasteiger charge is 2.23. The van der Waals surface area contributed by atoms with Gasteiger partial charge in [0.05, 0.1) is 16.9 Å². The van der Waals surface area contributed by atoms with E-state index in [-0.39, 0.29) is 5.41 Å². The molecule has 0 aliphatic heterocycles. The van der Waals surface area contributed by atoms with Crippen LogP contribution in [0, 0.1) is 0 Å². The van der Waals surface area contributed by atoms with Crippen LogP contribution < -0.4 is 15.5 Å². The van der Waals surface area contributed by atoms with Gasteiger partial charge in [0.2, 0.25) is 5.95 Å². The van der Waals surface area contributed by atoms with E-state index in [1.807, 2.05) is 38.0 Å². The predicted octanol–water partition coefficient (Wildman–Crippen LogP) is 4.24. The molecule has 1 saturated carbocycles. The fourth-order valence-corrected chi connectivity index (χ4v) is 4.38. The Balaban J connectivity index is 1.33. The normalized spacial score (nSPS) is 19.3. The first-order valence-electron chi connectivity index (χ1n) is 11.7. The number of rotatable bonds is 6. The van der Waals surface area contributed by atoms with Crippen LogP contribution >= 0.6 is 0 Å². The summed E-state index contributed by atoms with van der Waals surface area (Å²) in [6.45, 7) is 7.49. The van der Waals surface area contributed by atoms with Gasteiger partial charge in [-0.25, -0.2) is 4.98 Å². The SMILES string of the molecule is CN(C)c1nc(NC2CCC(NCc3cc(C(C)(C)C)nn3C)CC2)nc2ccccc12. The van der Waals surface area contributed by atoms with Crippen molar-refractivity contribution in [1.82, 2.24) is 25.1 Å². The van der Waals surface area contributed by atoms with E-state index in [0.717, 1.165) is 60.6 Å². The summed E-state index contributed by atoms with van der Waals surface area (Å²) >= 11 is 0. The monoisotopic (exact) mass is 435 g/mol. The molecule has 7 heteroatoms. The van der Waals surface area contributed by atoms with Gasteiger partial charge < -0.3 is 15.5 Å². The maximum Gasteiger partial charge on any atom is 0.225 e. The van der Waals surface area contributed by atoms with Crippen LogP contribution in [-0.4, -0.2) is 45.9 Å². The minimum Gasteiger partial charge on any atom is -0.362 e. The number of aromatic nitrogens is 4. The Labute approximate surface area is 191 Å². The molecule has 2 N–H and O–H groups in total. The largest absolute Gasteiger partial charge is 0.362 e. The van der Waals surface area contributed by atoms with E-state index in [2.05, 4.69) is 54.5 Å². The topological polar surface area (TPSA) is 70.9 Å². The zero-order valence-corrected chi connectivity index (χ0v) is 20.3. The number of aryl methyl sites for hydroxylation is 1. The molecule has 1 aromatic carbocycles. The van der Waals surface area contributed by atoms with Crippen molar-refractivity contribution in [1.29, 1.82) is 0 Å². The Morgan fingerprint density at radius 1 is 1.03 bits per heavy atom. The summed E-state index contributed by atoms with van der Waals surface area (Å²) in [6.07, 6.45) is 4.53. The van der Waals surface area contributed by atoms with Gasteiger partial charge in [-0.05, 0) is 43.9 Å². The summed E-state index contributed by atoms with van der Waals surface area (Å²) in [5.74, 6) is 1.69. The maximum absolute atomic E-state index is 4.80. The van der Waals surface area contributed by atoms with E-state index < -0.39 is 0 Å². The molecule has 0 spiro atoms. The standard InChI is InChI=1S/C25H37N7/c1-25(2,3)22-15-19(32(6)30-22)16-26-17-11-13-18(14-12-17)27-24-28-21-10-8-7-9-20(21)23(29-24)31(4)5/h7-10,15,17-18,26H,11-14,16H2,1-6H3,(H,27,28,29). The summed E-state index contributed by atoms with van der Waals surface area (Å²) in [5, 5.41) is 13.1. The van der Waals surface area contributed by atoms with E-state index >= 15 is 0 Å². The number of hydrogen-bond acceptors (Lipinski definition) is 6. The Hall–Kier alpha value is -2.67. The molecule has 4 rings (SSSR count). The lowest BCUT2D eigenvalue weighted by Crippen LogP contribution is -2.37. The van der Waals surface area contributed by atoms with Crippen molar-refractivity contribution in [2.24, 2.45) is 7.05 Å². The smallest absolute Gasteiger partial charge is 0.225 e. The first kappa shape index (κ1) is 22.5. The van der Waals surface area contributed by atoms with E-state index in [1.165, 1.54) is 5.69 Å². The quantitative estimate of drug-likeness (QED) is 0.603. The number of para-hydroxylation sites is 1. The number of anilines is 2. The van der Waals surface area contributed by atoms with Crippen LogP contribution in [0.2, 0.25) is 0 Å². The Kier molecular flexibility index (Phi) is 6.38. The van der Waals surface area contributed by atoms with Crippen LogP contribution in [0.5, 0.6) is 0 Å². The minimum absolute atomic E-state index is 0.0804. The van der Waals surface area contributed by atoms with Crippen LogP contribution in [0.1, 0.15) is 57.8 Å². The number of benzene rings is 1. The Morgan fingerprint density at radius 3 is 2.38 bits per heavy atom. The lowest BCUT2D eigenvalue weighted by atomic mass is 9.91. The number of nitrogens with zero attached hydrogens (tertiary/aromatic N) is 5. The minimum atomic E-state index is 0.0804. The molecular formula is C25H37N7. The third-order valence-electron chi connectivity index (χ3n) is 6.38. The van der Waals surface area contributed by atoms with Crippen molar-refractivity contribution >= 4 is 22.7 Å². The molecule has 1 aliphatic carbocycles. The van der Waals surface area contributed by atoms with Gasteiger partial charge in [0.25, 0.3) is 0 Å². The van der Waals surface area contributed by atoms with E-state index in [4.69, 9.17) is 15.1 Å². The van der Waals surface area contributed by atoms with Gasteiger partial charge in [0.1, 0.15) is 5.82 Å². The molecule has 2 heterocycles. The number of hydrogen-bond donors (Lipinski definition) is 2. The molecule has 1 fully saturated rings. The fourth-order valence-electron chi connectivity index (χ4n) is 4.38. The molecule has 3 aromatic rings. The number of fused-ring (bicyclic) bond motifs is 1. The van der Waals surface area contributed by atoms with Crippen molar-refractivity contribution in [2.45, 2.75) is 70.5 Å². The highest BCUT2D eigenvalue weighted by Crippen LogP contribution is 2.27. The first-order chi connectivity index (χ1) is 15.2. The van der Waals surface area contributed by atoms with Gasteiger partial charge in [-0.1, -0.05) is 32.9 Å². The van der Waals surface area contributed by atoms with Crippen molar-refractivity contribution in [3.8, 4) is 0 Å².